The zero-order valence-corrected chi connectivity index (χ0v) is 17.1. The minimum Gasteiger partial charge on any atom is -0.317 e. The van der Waals surface area contributed by atoms with Gasteiger partial charge in [-0.3, -0.25) is 18.8 Å². The normalized spacial score (nSPS) is 17.9. The highest BCUT2D eigenvalue weighted by atomic mass is 19.1. The van der Waals surface area contributed by atoms with Gasteiger partial charge in [-0.05, 0) is 43.0 Å². The minimum absolute atomic E-state index is 0.301. The van der Waals surface area contributed by atoms with Crippen LogP contribution in [0.25, 0.3) is 11.2 Å². The molecule has 154 valence electrons. The summed E-state index contributed by atoms with van der Waals surface area (Å²) in [5, 5.41) is 0. The van der Waals surface area contributed by atoms with E-state index in [0.717, 1.165) is 35.5 Å². The number of benzene rings is 1. The Labute approximate surface area is 168 Å². The average molecular weight is 399 g/mol. The van der Waals surface area contributed by atoms with Crippen LogP contribution in [0.15, 0.2) is 33.9 Å². The Balaban J connectivity index is 1.85. The highest BCUT2D eigenvalue weighted by Crippen LogP contribution is 2.20. The van der Waals surface area contributed by atoms with Gasteiger partial charge in [-0.25, -0.2) is 14.2 Å². The molecule has 0 aliphatic carbocycles. The van der Waals surface area contributed by atoms with Crippen LogP contribution in [-0.2, 0) is 27.2 Å². The fourth-order valence-corrected chi connectivity index (χ4v) is 4.19. The van der Waals surface area contributed by atoms with Crippen LogP contribution in [0.3, 0.4) is 0 Å². The number of likely N-dealkylation sites (tertiary alicyclic amines) is 1. The molecule has 1 fully saturated rings. The first kappa shape index (κ1) is 19.6. The Morgan fingerprint density at radius 2 is 1.83 bits per heavy atom. The summed E-state index contributed by atoms with van der Waals surface area (Å²) >= 11 is 0. The van der Waals surface area contributed by atoms with Gasteiger partial charge in [0.25, 0.3) is 5.56 Å². The van der Waals surface area contributed by atoms with Crippen LogP contribution in [0.5, 0.6) is 0 Å². The number of halogens is 1. The molecule has 3 heterocycles. The number of piperidine rings is 1. The molecule has 8 heteroatoms. The highest BCUT2D eigenvalue weighted by molar-refractivity contribution is 5.71. The number of aromatic nitrogens is 4. The van der Waals surface area contributed by atoms with Crippen molar-refractivity contribution in [2.45, 2.75) is 32.9 Å². The lowest BCUT2D eigenvalue weighted by atomic mass is 10.0. The van der Waals surface area contributed by atoms with Gasteiger partial charge in [0.2, 0.25) is 0 Å². The maximum absolute atomic E-state index is 13.3. The molecular weight excluding hydrogens is 373 g/mol. The lowest BCUT2D eigenvalue weighted by Gasteiger charge is -2.30. The SMILES string of the molecule is C[C@H]1CCCN(Cc2nc3c(c(=O)n(C)c(=O)n3C)n2Cc2ccc(F)cc2)C1. The van der Waals surface area contributed by atoms with E-state index in [2.05, 4.69) is 11.8 Å². The van der Waals surface area contributed by atoms with E-state index in [-0.39, 0.29) is 11.4 Å². The van der Waals surface area contributed by atoms with Gasteiger partial charge in [0.15, 0.2) is 11.2 Å². The van der Waals surface area contributed by atoms with Crippen LogP contribution in [0.1, 0.15) is 31.2 Å². The van der Waals surface area contributed by atoms with E-state index in [4.69, 9.17) is 4.98 Å². The molecule has 0 amide bonds. The molecule has 1 aliphatic rings. The van der Waals surface area contributed by atoms with Crippen molar-refractivity contribution in [3.8, 4) is 0 Å². The Bertz CT molecular complexity index is 1160. The van der Waals surface area contributed by atoms with E-state index in [9.17, 15) is 14.0 Å². The van der Waals surface area contributed by atoms with Gasteiger partial charge in [-0.1, -0.05) is 19.1 Å². The summed E-state index contributed by atoms with van der Waals surface area (Å²) in [5.74, 6) is 1.07. The largest absolute Gasteiger partial charge is 0.332 e. The number of rotatable bonds is 4. The Morgan fingerprint density at radius 3 is 2.52 bits per heavy atom. The van der Waals surface area contributed by atoms with Crippen molar-refractivity contribution < 1.29 is 4.39 Å². The van der Waals surface area contributed by atoms with E-state index < -0.39 is 5.69 Å². The van der Waals surface area contributed by atoms with Gasteiger partial charge in [-0.2, -0.15) is 0 Å². The molecule has 7 nitrogen and oxygen atoms in total. The van der Waals surface area contributed by atoms with Gasteiger partial charge >= 0.3 is 5.69 Å². The number of aryl methyl sites for hydroxylation is 1. The van der Waals surface area contributed by atoms with Crippen LogP contribution in [0.4, 0.5) is 4.39 Å². The fraction of sp³-hybridized carbons (Fsp3) is 0.476. The van der Waals surface area contributed by atoms with E-state index in [1.165, 1.54) is 30.2 Å². The van der Waals surface area contributed by atoms with Crippen molar-refractivity contribution in [1.29, 1.82) is 0 Å². The second-order valence-electron chi connectivity index (χ2n) is 8.10. The first-order valence-corrected chi connectivity index (χ1v) is 9.97. The molecule has 0 N–H and O–H groups in total. The molecule has 1 aliphatic heterocycles. The summed E-state index contributed by atoms with van der Waals surface area (Å²) < 4.78 is 17.7. The summed E-state index contributed by atoms with van der Waals surface area (Å²) in [6.45, 7) is 5.21. The second kappa shape index (κ2) is 7.59. The minimum atomic E-state index is -0.396. The van der Waals surface area contributed by atoms with Crippen molar-refractivity contribution in [3.05, 3.63) is 62.3 Å². The standard InChI is InChI=1S/C21H26FN5O2/c1-14-5-4-10-26(11-14)13-17-23-19-18(20(28)25(3)21(29)24(19)2)27(17)12-15-6-8-16(22)9-7-15/h6-9,14H,4-5,10-13H2,1-3H3/t14-/m0/s1. The van der Waals surface area contributed by atoms with Crippen molar-refractivity contribution in [2.75, 3.05) is 13.1 Å². The Morgan fingerprint density at radius 1 is 1.10 bits per heavy atom. The number of hydrogen-bond donors (Lipinski definition) is 0. The van der Waals surface area contributed by atoms with Gasteiger partial charge in [-0.15, -0.1) is 0 Å². The third-order valence-corrected chi connectivity index (χ3v) is 5.79. The first-order chi connectivity index (χ1) is 13.8. The quantitative estimate of drug-likeness (QED) is 0.672. The molecule has 2 aromatic heterocycles. The van der Waals surface area contributed by atoms with E-state index in [0.29, 0.717) is 30.2 Å². The van der Waals surface area contributed by atoms with Crippen molar-refractivity contribution in [3.63, 3.8) is 0 Å². The van der Waals surface area contributed by atoms with Crippen LogP contribution < -0.4 is 11.2 Å². The maximum atomic E-state index is 13.3. The molecule has 3 aromatic rings. The van der Waals surface area contributed by atoms with Gasteiger partial charge in [0.1, 0.15) is 11.6 Å². The van der Waals surface area contributed by atoms with Gasteiger partial charge in [0, 0.05) is 27.2 Å². The molecule has 0 saturated carbocycles. The van der Waals surface area contributed by atoms with Gasteiger partial charge < -0.3 is 4.57 Å². The first-order valence-electron chi connectivity index (χ1n) is 9.97. The lowest BCUT2D eigenvalue weighted by Crippen LogP contribution is -2.37. The van der Waals surface area contributed by atoms with Crippen molar-refractivity contribution in [2.24, 2.45) is 20.0 Å². The number of fused-ring (bicyclic) bond motifs is 1. The molecule has 0 radical (unpaired) electrons. The summed E-state index contributed by atoms with van der Waals surface area (Å²) in [5.41, 5.74) is 0.900. The lowest BCUT2D eigenvalue weighted by molar-refractivity contribution is 0.171. The van der Waals surface area contributed by atoms with Crippen molar-refractivity contribution >= 4 is 11.2 Å². The van der Waals surface area contributed by atoms with Crippen LogP contribution in [-0.4, -0.2) is 36.7 Å². The van der Waals surface area contributed by atoms with E-state index in [1.54, 1.807) is 19.2 Å². The predicted octanol–water partition coefficient (Wildman–Crippen LogP) is 1.85. The molecule has 1 atom stereocenters. The predicted molar refractivity (Wildman–Crippen MR) is 109 cm³/mol. The molecule has 4 rings (SSSR count). The summed E-state index contributed by atoms with van der Waals surface area (Å²) in [6.07, 6.45) is 2.36. The maximum Gasteiger partial charge on any atom is 0.332 e. The molecule has 29 heavy (non-hydrogen) atoms. The van der Waals surface area contributed by atoms with E-state index >= 15 is 0 Å². The monoisotopic (exact) mass is 399 g/mol. The number of nitrogens with zero attached hydrogens (tertiary/aromatic N) is 5. The topological polar surface area (TPSA) is 65.1 Å². The molecule has 0 spiro atoms. The van der Waals surface area contributed by atoms with Gasteiger partial charge in [0.05, 0.1) is 6.54 Å². The number of hydrogen-bond acceptors (Lipinski definition) is 4. The summed E-state index contributed by atoms with van der Waals surface area (Å²) in [7, 11) is 3.11. The summed E-state index contributed by atoms with van der Waals surface area (Å²) in [6, 6.07) is 6.24. The van der Waals surface area contributed by atoms with E-state index in [1.807, 2.05) is 4.57 Å². The smallest absolute Gasteiger partial charge is 0.317 e. The molecule has 0 unspecified atom stereocenters. The third-order valence-electron chi connectivity index (χ3n) is 5.79. The fourth-order valence-electron chi connectivity index (χ4n) is 4.19. The second-order valence-corrected chi connectivity index (χ2v) is 8.10. The highest BCUT2D eigenvalue weighted by Gasteiger charge is 2.23. The number of imidazole rings is 1. The zero-order chi connectivity index (χ0) is 20.7. The Kier molecular flexibility index (Phi) is 5.12. The third kappa shape index (κ3) is 3.64. The van der Waals surface area contributed by atoms with Crippen LogP contribution in [0.2, 0.25) is 0 Å². The molecular formula is C21H26FN5O2. The van der Waals surface area contributed by atoms with Crippen LogP contribution >= 0.6 is 0 Å². The Hall–Kier alpha value is -2.74. The van der Waals surface area contributed by atoms with Crippen LogP contribution in [0, 0.1) is 11.7 Å². The molecule has 1 aromatic carbocycles. The molecule has 1 saturated heterocycles. The van der Waals surface area contributed by atoms with Crippen molar-refractivity contribution in [1.82, 2.24) is 23.6 Å². The molecule has 0 bridgehead atoms. The average Bonchev–Trinajstić information content (AvgIpc) is 3.04. The zero-order valence-electron chi connectivity index (χ0n) is 17.1. The summed E-state index contributed by atoms with van der Waals surface area (Å²) in [4.78, 5) is 32.4.